The van der Waals surface area contributed by atoms with E-state index in [2.05, 4.69) is 13.2 Å². The van der Waals surface area contributed by atoms with Crippen LogP contribution in [0.2, 0.25) is 0 Å². The lowest BCUT2D eigenvalue weighted by atomic mass is 10.1. The lowest BCUT2D eigenvalue weighted by Crippen LogP contribution is -2.31. The Morgan fingerprint density at radius 1 is 1.00 bits per heavy atom. The summed E-state index contributed by atoms with van der Waals surface area (Å²) in [5.74, 6) is -0.696. The second kappa shape index (κ2) is 5.06. The van der Waals surface area contributed by atoms with Gasteiger partial charge in [0.2, 0.25) is 0 Å². The normalized spacial score (nSPS) is 15.1. The van der Waals surface area contributed by atoms with E-state index in [1.54, 1.807) is 12.1 Å². The van der Waals surface area contributed by atoms with Crippen molar-refractivity contribution in [2.45, 2.75) is 13.3 Å². The molecule has 0 fully saturated rings. The van der Waals surface area contributed by atoms with E-state index in [-0.39, 0.29) is 11.8 Å². The first-order valence-corrected chi connectivity index (χ1v) is 6.10. The molecule has 1 heterocycles. The highest BCUT2D eigenvalue weighted by Gasteiger charge is 2.36. The summed E-state index contributed by atoms with van der Waals surface area (Å²) in [5.41, 5.74) is 2.34. The topological polar surface area (TPSA) is 37.4 Å². The highest BCUT2D eigenvalue weighted by Crippen LogP contribution is 2.28. The van der Waals surface area contributed by atoms with Crippen LogP contribution < -0.4 is 4.90 Å². The predicted octanol–water partition coefficient (Wildman–Crippen LogP) is 2.79. The second-order valence-corrected chi connectivity index (χ2v) is 4.20. The summed E-state index contributed by atoms with van der Waals surface area (Å²) in [6, 6.07) is 7.38. The van der Waals surface area contributed by atoms with Crippen LogP contribution in [-0.4, -0.2) is 11.8 Å². The van der Waals surface area contributed by atoms with Gasteiger partial charge < -0.3 is 0 Å². The van der Waals surface area contributed by atoms with Crippen LogP contribution in [0.1, 0.15) is 12.5 Å². The Morgan fingerprint density at radius 3 is 1.84 bits per heavy atom. The van der Waals surface area contributed by atoms with Crippen LogP contribution in [0, 0.1) is 0 Å². The Kier molecular flexibility index (Phi) is 3.47. The van der Waals surface area contributed by atoms with Crippen molar-refractivity contribution < 1.29 is 9.59 Å². The number of nitrogens with zero attached hydrogens (tertiary/aromatic N) is 1. The summed E-state index contributed by atoms with van der Waals surface area (Å²) >= 11 is 0. The van der Waals surface area contributed by atoms with Crippen LogP contribution in [0.4, 0.5) is 5.69 Å². The number of hydrogen-bond donors (Lipinski definition) is 0. The van der Waals surface area contributed by atoms with Gasteiger partial charge >= 0.3 is 0 Å². The number of imide groups is 1. The molecule has 0 aromatic heterocycles. The van der Waals surface area contributed by atoms with Gasteiger partial charge in [0.15, 0.2) is 0 Å². The SMILES string of the molecule is C=CC1=C(C=C)C(=O)N(c2ccc(CC)cc2)C1=O. The molecule has 3 heteroatoms. The number of benzene rings is 1. The van der Waals surface area contributed by atoms with Crippen LogP contribution in [-0.2, 0) is 16.0 Å². The van der Waals surface area contributed by atoms with Crippen molar-refractivity contribution in [1.82, 2.24) is 0 Å². The average Bonchev–Trinajstić information content (AvgIpc) is 2.69. The molecule has 0 unspecified atom stereocenters. The van der Waals surface area contributed by atoms with E-state index >= 15 is 0 Å². The van der Waals surface area contributed by atoms with Gasteiger partial charge in [0.1, 0.15) is 0 Å². The fraction of sp³-hybridized carbons (Fsp3) is 0.125. The molecule has 0 saturated carbocycles. The van der Waals surface area contributed by atoms with Crippen molar-refractivity contribution in [2.75, 3.05) is 4.90 Å². The van der Waals surface area contributed by atoms with Crippen LogP contribution >= 0.6 is 0 Å². The fourth-order valence-electron chi connectivity index (χ4n) is 2.07. The Bertz CT molecular complexity index is 564. The number of rotatable bonds is 4. The van der Waals surface area contributed by atoms with Crippen LogP contribution in [0.3, 0.4) is 0 Å². The number of carbonyl (C=O) groups excluding carboxylic acids is 2. The minimum Gasteiger partial charge on any atom is -0.268 e. The molecule has 2 amide bonds. The summed E-state index contributed by atoms with van der Waals surface area (Å²) in [6.45, 7) is 9.20. The summed E-state index contributed by atoms with van der Waals surface area (Å²) < 4.78 is 0. The summed E-state index contributed by atoms with van der Waals surface area (Å²) in [7, 11) is 0. The minimum atomic E-state index is -0.348. The zero-order chi connectivity index (χ0) is 14.0. The molecular formula is C16H15NO2. The third-order valence-electron chi connectivity index (χ3n) is 3.17. The lowest BCUT2D eigenvalue weighted by molar-refractivity contribution is -0.120. The number of hydrogen-bond acceptors (Lipinski definition) is 2. The van der Waals surface area contributed by atoms with E-state index in [4.69, 9.17) is 0 Å². The highest BCUT2D eigenvalue weighted by molar-refractivity contribution is 6.34. The molecule has 0 radical (unpaired) electrons. The lowest BCUT2D eigenvalue weighted by Gasteiger charge is -2.15. The van der Waals surface area contributed by atoms with E-state index in [0.717, 1.165) is 16.9 Å². The van der Waals surface area contributed by atoms with Crippen LogP contribution in [0.25, 0.3) is 0 Å². The van der Waals surface area contributed by atoms with Crippen molar-refractivity contribution in [3.8, 4) is 0 Å². The molecule has 0 N–H and O–H groups in total. The average molecular weight is 253 g/mol. The maximum Gasteiger partial charge on any atom is 0.266 e. The highest BCUT2D eigenvalue weighted by atomic mass is 16.2. The van der Waals surface area contributed by atoms with E-state index in [9.17, 15) is 9.59 Å². The quantitative estimate of drug-likeness (QED) is 0.774. The van der Waals surface area contributed by atoms with Gasteiger partial charge in [-0.05, 0) is 24.1 Å². The zero-order valence-electron chi connectivity index (χ0n) is 10.8. The zero-order valence-corrected chi connectivity index (χ0v) is 10.8. The van der Waals surface area contributed by atoms with Gasteiger partial charge in [-0.15, -0.1) is 0 Å². The molecule has 1 aliphatic heterocycles. The Morgan fingerprint density at radius 2 is 1.47 bits per heavy atom. The van der Waals surface area contributed by atoms with E-state index in [1.165, 1.54) is 12.2 Å². The monoisotopic (exact) mass is 253 g/mol. The predicted molar refractivity (Wildman–Crippen MR) is 75.7 cm³/mol. The summed E-state index contributed by atoms with van der Waals surface area (Å²) in [6.07, 6.45) is 3.71. The smallest absolute Gasteiger partial charge is 0.266 e. The first-order valence-electron chi connectivity index (χ1n) is 6.10. The first kappa shape index (κ1) is 13.0. The van der Waals surface area contributed by atoms with E-state index in [1.807, 2.05) is 19.1 Å². The van der Waals surface area contributed by atoms with Gasteiger partial charge in [-0.3, -0.25) is 9.59 Å². The van der Waals surface area contributed by atoms with Gasteiger partial charge in [0.05, 0.1) is 16.8 Å². The molecule has 2 rings (SSSR count). The Hall–Kier alpha value is -2.42. The third-order valence-corrected chi connectivity index (χ3v) is 3.17. The van der Waals surface area contributed by atoms with Gasteiger partial charge in [-0.2, -0.15) is 0 Å². The van der Waals surface area contributed by atoms with E-state index in [0.29, 0.717) is 16.8 Å². The number of anilines is 1. The molecule has 0 saturated heterocycles. The molecule has 1 aliphatic rings. The molecule has 0 atom stereocenters. The Labute approximate surface area is 112 Å². The molecular weight excluding hydrogens is 238 g/mol. The maximum absolute atomic E-state index is 12.2. The van der Waals surface area contributed by atoms with Gasteiger partial charge in [0.25, 0.3) is 11.8 Å². The molecule has 1 aromatic rings. The second-order valence-electron chi connectivity index (χ2n) is 4.20. The Balaban J connectivity index is 2.42. The van der Waals surface area contributed by atoms with Crippen molar-refractivity contribution >= 4 is 17.5 Å². The summed E-state index contributed by atoms with van der Waals surface area (Å²) in [5, 5.41) is 0. The molecule has 1 aromatic carbocycles. The molecule has 96 valence electrons. The largest absolute Gasteiger partial charge is 0.268 e. The van der Waals surface area contributed by atoms with Crippen molar-refractivity contribution in [1.29, 1.82) is 0 Å². The van der Waals surface area contributed by atoms with E-state index < -0.39 is 0 Å². The van der Waals surface area contributed by atoms with Crippen molar-refractivity contribution in [2.24, 2.45) is 0 Å². The van der Waals surface area contributed by atoms with Gasteiger partial charge in [-0.25, -0.2) is 4.90 Å². The third kappa shape index (κ3) is 2.03. The van der Waals surface area contributed by atoms with Crippen LogP contribution in [0.15, 0.2) is 60.7 Å². The number of aryl methyl sites for hydroxylation is 1. The molecule has 0 aliphatic carbocycles. The minimum absolute atomic E-state index is 0.305. The standard InChI is InChI=1S/C16H15NO2/c1-4-11-7-9-12(10-8-11)17-15(18)13(5-2)14(6-3)16(17)19/h5-10H,2-4H2,1H3. The molecule has 0 spiro atoms. The van der Waals surface area contributed by atoms with Gasteiger partial charge in [-0.1, -0.05) is 44.4 Å². The molecule has 0 bridgehead atoms. The van der Waals surface area contributed by atoms with Gasteiger partial charge in [0, 0.05) is 0 Å². The number of carbonyl (C=O) groups is 2. The first-order chi connectivity index (χ1) is 9.13. The molecule has 19 heavy (non-hydrogen) atoms. The molecule has 3 nitrogen and oxygen atoms in total. The van der Waals surface area contributed by atoms with Crippen molar-refractivity contribution in [3.05, 3.63) is 66.3 Å². The van der Waals surface area contributed by atoms with Crippen molar-refractivity contribution in [3.63, 3.8) is 0 Å². The maximum atomic E-state index is 12.2. The van der Waals surface area contributed by atoms with Crippen LogP contribution in [0.5, 0.6) is 0 Å². The fourth-order valence-corrected chi connectivity index (χ4v) is 2.07. The number of amides is 2. The summed E-state index contributed by atoms with van der Waals surface area (Å²) in [4.78, 5) is 25.6.